The van der Waals surface area contributed by atoms with Crippen LogP contribution in [-0.4, -0.2) is 5.91 Å². The number of para-hydroxylation sites is 1. The first-order chi connectivity index (χ1) is 8.16. The second-order valence-corrected chi connectivity index (χ2v) is 4.80. The molecule has 0 radical (unpaired) electrons. The van der Waals surface area contributed by atoms with Crippen LogP contribution in [0.1, 0.15) is 10.4 Å². The molecule has 86 valence electrons. The van der Waals surface area contributed by atoms with Crippen molar-refractivity contribution in [1.29, 1.82) is 0 Å². The third kappa shape index (κ3) is 2.97. The molecule has 3 N–H and O–H groups in total. The fourth-order valence-corrected chi connectivity index (χ4v) is 1.94. The number of halogens is 1. The Morgan fingerprint density at radius 1 is 1.12 bits per heavy atom. The van der Waals surface area contributed by atoms with Crippen LogP contribution in [0.5, 0.6) is 0 Å². The highest BCUT2D eigenvalue weighted by Crippen LogP contribution is 2.17. The topological polar surface area (TPSA) is 55.1 Å². The van der Waals surface area contributed by atoms with Gasteiger partial charge in [0, 0.05) is 14.9 Å². The number of nitrogen functional groups attached to an aromatic ring is 1. The van der Waals surface area contributed by atoms with Crippen LogP contribution in [0.15, 0.2) is 48.5 Å². The molecule has 0 atom stereocenters. The van der Waals surface area contributed by atoms with Crippen molar-refractivity contribution in [3.63, 3.8) is 0 Å². The van der Waals surface area contributed by atoms with Crippen molar-refractivity contribution in [2.75, 3.05) is 11.1 Å². The smallest absolute Gasteiger partial charge is 0.257 e. The van der Waals surface area contributed by atoms with Gasteiger partial charge in [-0.05, 0) is 52.9 Å². The predicted octanol–water partition coefficient (Wildman–Crippen LogP) is 3.13. The van der Waals surface area contributed by atoms with Gasteiger partial charge in [-0.3, -0.25) is 4.79 Å². The van der Waals surface area contributed by atoms with Gasteiger partial charge in [0.05, 0.1) is 5.56 Å². The molecule has 0 aliphatic heterocycles. The summed E-state index contributed by atoms with van der Waals surface area (Å²) in [7, 11) is 0. The number of anilines is 2. The number of hydrogen-bond acceptors (Lipinski definition) is 2. The Kier molecular flexibility index (Phi) is 3.63. The number of carbonyl (C=O) groups is 1. The van der Waals surface area contributed by atoms with Gasteiger partial charge in [0.15, 0.2) is 0 Å². The van der Waals surface area contributed by atoms with E-state index >= 15 is 0 Å². The highest BCUT2D eigenvalue weighted by molar-refractivity contribution is 14.1. The lowest BCUT2D eigenvalue weighted by Crippen LogP contribution is -2.14. The summed E-state index contributed by atoms with van der Waals surface area (Å²) in [6.45, 7) is 0. The standard InChI is InChI=1S/C13H11IN2O/c14-9-6-7-12(15)11(8-9)13(17)16-10-4-2-1-3-5-10/h1-8H,15H2,(H,16,17). The van der Waals surface area contributed by atoms with E-state index in [1.165, 1.54) is 0 Å². The molecule has 0 spiro atoms. The minimum absolute atomic E-state index is 0.188. The van der Waals surface area contributed by atoms with Crippen molar-refractivity contribution < 1.29 is 4.79 Å². The first kappa shape index (κ1) is 11.9. The molecule has 2 aromatic carbocycles. The molecule has 0 aromatic heterocycles. The SMILES string of the molecule is Nc1ccc(I)cc1C(=O)Nc1ccccc1. The van der Waals surface area contributed by atoms with Crippen LogP contribution >= 0.6 is 22.6 Å². The zero-order valence-electron chi connectivity index (χ0n) is 8.98. The molecule has 0 fully saturated rings. The summed E-state index contributed by atoms with van der Waals surface area (Å²) in [4.78, 5) is 12.0. The lowest BCUT2D eigenvalue weighted by atomic mass is 10.1. The third-order valence-electron chi connectivity index (χ3n) is 2.29. The lowest BCUT2D eigenvalue weighted by Gasteiger charge is -2.07. The summed E-state index contributed by atoms with van der Waals surface area (Å²) in [6.07, 6.45) is 0. The average molecular weight is 338 g/mol. The van der Waals surface area contributed by atoms with Gasteiger partial charge in [-0.15, -0.1) is 0 Å². The fourth-order valence-electron chi connectivity index (χ4n) is 1.45. The number of rotatable bonds is 2. The Labute approximate surface area is 113 Å². The van der Waals surface area contributed by atoms with Crippen molar-refractivity contribution in [2.45, 2.75) is 0 Å². The first-order valence-electron chi connectivity index (χ1n) is 5.08. The van der Waals surface area contributed by atoms with Crippen LogP contribution in [0.3, 0.4) is 0 Å². The second kappa shape index (κ2) is 5.18. The summed E-state index contributed by atoms with van der Waals surface area (Å²) in [5, 5.41) is 2.80. The van der Waals surface area contributed by atoms with Gasteiger partial charge in [0.25, 0.3) is 5.91 Å². The Balaban J connectivity index is 2.23. The molecular weight excluding hydrogens is 327 g/mol. The molecule has 17 heavy (non-hydrogen) atoms. The molecule has 2 rings (SSSR count). The van der Waals surface area contributed by atoms with Crippen LogP contribution in [0.4, 0.5) is 11.4 Å². The minimum atomic E-state index is -0.188. The third-order valence-corrected chi connectivity index (χ3v) is 2.96. The molecule has 2 aromatic rings. The summed E-state index contributed by atoms with van der Waals surface area (Å²) in [5.74, 6) is -0.188. The maximum absolute atomic E-state index is 12.0. The maximum atomic E-state index is 12.0. The van der Waals surface area contributed by atoms with E-state index in [0.717, 1.165) is 9.26 Å². The Morgan fingerprint density at radius 2 is 1.82 bits per heavy atom. The molecule has 3 nitrogen and oxygen atoms in total. The Bertz CT molecular complexity index is 540. The summed E-state index contributed by atoms with van der Waals surface area (Å²) in [5.41, 5.74) is 7.53. The van der Waals surface area contributed by atoms with Crippen LogP contribution in [0, 0.1) is 3.57 Å². The zero-order valence-corrected chi connectivity index (χ0v) is 11.1. The predicted molar refractivity (Wildman–Crippen MR) is 78.0 cm³/mol. The van der Waals surface area contributed by atoms with E-state index in [1.807, 2.05) is 36.4 Å². The molecule has 0 unspecified atom stereocenters. The van der Waals surface area contributed by atoms with Gasteiger partial charge < -0.3 is 11.1 Å². The molecule has 0 heterocycles. The average Bonchev–Trinajstić information content (AvgIpc) is 2.33. The monoisotopic (exact) mass is 338 g/mol. The van der Waals surface area contributed by atoms with Crippen molar-refractivity contribution in [2.24, 2.45) is 0 Å². The van der Waals surface area contributed by atoms with E-state index in [0.29, 0.717) is 11.3 Å². The Hall–Kier alpha value is -1.56. The van der Waals surface area contributed by atoms with Crippen LogP contribution < -0.4 is 11.1 Å². The van der Waals surface area contributed by atoms with Crippen LogP contribution in [-0.2, 0) is 0 Å². The highest BCUT2D eigenvalue weighted by atomic mass is 127. The molecular formula is C13H11IN2O. The lowest BCUT2D eigenvalue weighted by molar-refractivity contribution is 0.102. The maximum Gasteiger partial charge on any atom is 0.257 e. The first-order valence-corrected chi connectivity index (χ1v) is 6.16. The number of amides is 1. The fraction of sp³-hybridized carbons (Fsp3) is 0. The van der Waals surface area contributed by atoms with Crippen LogP contribution in [0.2, 0.25) is 0 Å². The van der Waals surface area contributed by atoms with Gasteiger partial charge in [-0.1, -0.05) is 18.2 Å². The van der Waals surface area contributed by atoms with E-state index in [2.05, 4.69) is 27.9 Å². The van der Waals surface area contributed by atoms with Gasteiger partial charge in [-0.25, -0.2) is 0 Å². The summed E-state index contributed by atoms with van der Waals surface area (Å²) < 4.78 is 0.981. The largest absolute Gasteiger partial charge is 0.398 e. The molecule has 0 saturated carbocycles. The quantitative estimate of drug-likeness (QED) is 0.653. The van der Waals surface area contributed by atoms with E-state index in [-0.39, 0.29) is 5.91 Å². The zero-order chi connectivity index (χ0) is 12.3. The van der Waals surface area contributed by atoms with E-state index in [9.17, 15) is 4.79 Å². The highest BCUT2D eigenvalue weighted by Gasteiger charge is 2.10. The van der Waals surface area contributed by atoms with E-state index in [4.69, 9.17) is 5.73 Å². The number of hydrogen-bond donors (Lipinski definition) is 2. The van der Waals surface area contributed by atoms with Crippen molar-refractivity contribution in [1.82, 2.24) is 0 Å². The van der Waals surface area contributed by atoms with E-state index < -0.39 is 0 Å². The number of nitrogens with two attached hydrogens (primary N) is 1. The van der Waals surface area contributed by atoms with Crippen LogP contribution in [0.25, 0.3) is 0 Å². The van der Waals surface area contributed by atoms with Gasteiger partial charge in [0.2, 0.25) is 0 Å². The molecule has 0 bridgehead atoms. The molecule has 0 aliphatic carbocycles. The second-order valence-electron chi connectivity index (χ2n) is 3.55. The molecule has 0 aliphatic rings. The number of nitrogens with one attached hydrogen (secondary N) is 1. The van der Waals surface area contributed by atoms with Gasteiger partial charge in [-0.2, -0.15) is 0 Å². The molecule has 1 amide bonds. The molecule has 0 saturated heterocycles. The number of carbonyl (C=O) groups excluding carboxylic acids is 1. The van der Waals surface area contributed by atoms with Crippen molar-refractivity contribution >= 4 is 39.9 Å². The van der Waals surface area contributed by atoms with Gasteiger partial charge in [0.1, 0.15) is 0 Å². The van der Waals surface area contributed by atoms with Crippen molar-refractivity contribution in [3.05, 3.63) is 57.7 Å². The summed E-state index contributed by atoms with van der Waals surface area (Å²) in [6, 6.07) is 14.7. The van der Waals surface area contributed by atoms with E-state index in [1.54, 1.807) is 12.1 Å². The normalized spacial score (nSPS) is 9.94. The summed E-state index contributed by atoms with van der Waals surface area (Å²) >= 11 is 2.15. The van der Waals surface area contributed by atoms with Gasteiger partial charge >= 0.3 is 0 Å². The number of benzene rings is 2. The van der Waals surface area contributed by atoms with Crippen molar-refractivity contribution in [3.8, 4) is 0 Å². The molecule has 4 heteroatoms. The minimum Gasteiger partial charge on any atom is -0.398 e. The Morgan fingerprint density at radius 3 is 2.53 bits per heavy atom.